The molecule has 0 aliphatic heterocycles. The fourth-order valence-corrected chi connectivity index (χ4v) is 5.44. The van der Waals surface area contributed by atoms with Gasteiger partial charge in [-0.1, -0.05) is 48.0 Å². The molecular formula is C18H15NO4S. The Balaban J connectivity index is 2.13. The van der Waals surface area contributed by atoms with Gasteiger partial charge in [0.2, 0.25) is 0 Å². The summed E-state index contributed by atoms with van der Waals surface area (Å²) in [4.78, 5) is 11.8. The largest absolute Gasteiger partial charge is 0.480 e. The monoisotopic (exact) mass is 341 g/mol. The summed E-state index contributed by atoms with van der Waals surface area (Å²) in [6.07, 6.45) is 0. The first-order valence-electron chi connectivity index (χ1n) is 7.36. The minimum absolute atomic E-state index is 0.0393. The average Bonchev–Trinajstić information content (AvgIpc) is 3.28. The van der Waals surface area contributed by atoms with Crippen LogP contribution in [0.5, 0.6) is 0 Å². The van der Waals surface area contributed by atoms with E-state index in [0.29, 0.717) is 5.56 Å². The van der Waals surface area contributed by atoms with Crippen molar-refractivity contribution in [2.75, 3.05) is 0 Å². The van der Waals surface area contributed by atoms with Crippen molar-refractivity contribution in [2.45, 2.75) is 23.0 Å². The van der Waals surface area contributed by atoms with Gasteiger partial charge in [0.05, 0.1) is 11.0 Å². The summed E-state index contributed by atoms with van der Waals surface area (Å²) in [7, 11) is -3.95. The first-order valence-corrected chi connectivity index (χ1v) is 8.90. The van der Waals surface area contributed by atoms with Gasteiger partial charge in [0, 0.05) is 5.92 Å². The number of carboxylic acid groups (broad SMARTS) is 1. The maximum Gasteiger partial charge on any atom is 0.326 e. The normalized spacial score (nSPS) is 25.7. The number of aryl methyl sites for hydroxylation is 1. The van der Waals surface area contributed by atoms with E-state index >= 15 is 0 Å². The molecule has 3 rings (SSSR count). The van der Waals surface area contributed by atoms with Crippen molar-refractivity contribution in [1.29, 1.82) is 5.26 Å². The number of carboxylic acids is 1. The molecule has 6 heteroatoms. The smallest absolute Gasteiger partial charge is 0.326 e. The lowest BCUT2D eigenvalue weighted by Gasteiger charge is -2.05. The van der Waals surface area contributed by atoms with Crippen molar-refractivity contribution in [2.24, 2.45) is 5.41 Å². The van der Waals surface area contributed by atoms with Gasteiger partial charge < -0.3 is 5.11 Å². The van der Waals surface area contributed by atoms with Crippen LogP contribution in [0.25, 0.3) is 0 Å². The molecule has 0 spiro atoms. The van der Waals surface area contributed by atoms with Crippen LogP contribution in [0.3, 0.4) is 0 Å². The summed E-state index contributed by atoms with van der Waals surface area (Å²) in [5, 5.41) is 17.8. The zero-order chi connectivity index (χ0) is 17.5. The van der Waals surface area contributed by atoms with E-state index in [-0.39, 0.29) is 4.90 Å². The van der Waals surface area contributed by atoms with Crippen molar-refractivity contribution < 1.29 is 18.3 Å². The molecule has 1 saturated carbocycles. The third-order valence-electron chi connectivity index (χ3n) is 4.51. The van der Waals surface area contributed by atoms with Crippen molar-refractivity contribution >= 4 is 15.8 Å². The molecular weight excluding hydrogens is 326 g/mol. The Morgan fingerprint density at radius 3 is 2.21 bits per heavy atom. The molecule has 122 valence electrons. The minimum atomic E-state index is -3.95. The minimum Gasteiger partial charge on any atom is -0.480 e. The molecule has 3 atom stereocenters. The van der Waals surface area contributed by atoms with E-state index < -0.39 is 32.4 Å². The maximum atomic E-state index is 13.0. The van der Waals surface area contributed by atoms with Crippen LogP contribution in [0, 0.1) is 23.7 Å². The molecule has 2 aromatic rings. The zero-order valence-electron chi connectivity index (χ0n) is 12.9. The number of nitrogens with zero attached hydrogens (tertiary/aromatic N) is 1. The third-order valence-corrected chi connectivity index (χ3v) is 6.76. The fourth-order valence-electron chi connectivity index (χ4n) is 3.19. The molecule has 1 fully saturated rings. The summed E-state index contributed by atoms with van der Waals surface area (Å²) in [5.41, 5.74) is -0.512. The van der Waals surface area contributed by atoms with Crippen molar-refractivity contribution in [1.82, 2.24) is 0 Å². The van der Waals surface area contributed by atoms with Gasteiger partial charge in [-0.15, -0.1) is 0 Å². The summed E-state index contributed by atoms with van der Waals surface area (Å²) in [6.45, 7) is 1.83. The number of carbonyl (C=O) groups is 1. The average molecular weight is 341 g/mol. The van der Waals surface area contributed by atoms with Gasteiger partial charge in [0.15, 0.2) is 15.3 Å². The lowest BCUT2D eigenvalue weighted by molar-refractivity contribution is -0.141. The Labute approximate surface area is 140 Å². The first kappa shape index (κ1) is 16.2. The van der Waals surface area contributed by atoms with Gasteiger partial charge in [-0.05, 0) is 24.6 Å². The van der Waals surface area contributed by atoms with Gasteiger partial charge in [0.25, 0.3) is 0 Å². The summed E-state index contributed by atoms with van der Waals surface area (Å²) < 4.78 is 25.9. The molecule has 0 amide bonds. The van der Waals surface area contributed by atoms with Crippen molar-refractivity contribution in [3.8, 4) is 6.07 Å². The van der Waals surface area contributed by atoms with Crippen LogP contribution in [0.2, 0.25) is 0 Å². The lowest BCUT2D eigenvalue weighted by Crippen LogP contribution is -2.22. The molecule has 0 bridgehead atoms. The standard InChI is InChI=1S/C18H15NO4S/c1-12-7-9-14(10-8-12)24(22,23)16-15(13-5-3-2-4-6-13)18(16,11-19)17(20)21/h2-10,15-16H,1H3,(H,20,21). The first-order chi connectivity index (χ1) is 11.4. The molecule has 0 aromatic heterocycles. The highest BCUT2D eigenvalue weighted by molar-refractivity contribution is 7.92. The number of rotatable bonds is 4. The molecule has 0 heterocycles. The van der Waals surface area contributed by atoms with Gasteiger partial charge in [-0.2, -0.15) is 5.26 Å². The van der Waals surface area contributed by atoms with Gasteiger partial charge >= 0.3 is 5.97 Å². The Hall–Kier alpha value is -2.65. The molecule has 24 heavy (non-hydrogen) atoms. The van der Waals surface area contributed by atoms with Gasteiger partial charge in [-0.3, -0.25) is 4.79 Å². The second-order valence-electron chi connectivity index (χ2n) is 5.95. The summed E-state index contributed by atoms with van der Waals surface area (Å²) in [5.74, 6) is -2.29. The zero-order valence-corrected chi connectivity index (χ0v) is 13.7. The van der Waals surface area contributed by atoms with Crippen molar-refractivity contribution in [3.05, 3.63) is 65.7 Å². The van der Waals surface area contributed by atoms with E-state index in [1.165, 1.54) is 12.1 Å². The number of nitriles is 1. The number of hydrogen-bond donors (Lipinski definition) is 1. The second kappa shape index (κ2) is 5.46. The van der Waals surface area contributed by atoms with Crippen LogP contribution >= 0.6 is 0 Å². The highest BCUT2D eigenvalue weighted by atomic mass is 32.2. The Morgan fingerprint density at radius 1 is 1.12 bits per heavy atom. The topological polar surface area (TPSA) is 95.2 Å². The SMILES string of the molecule is Cc1ccc(S(=O)(=O)C2C(c3ccccc3)C2(C#N)C(=O)O)cc1. The number of sulfone groups is 1. The fraction of sp³-hybridized carbons (Fsp3) is 0.222. The highest BCUT2D eigenvalue weighted by Gasteiger charge is 2.77. The van der Waals surface area contributed by atoms with E-state index in [9.17, 15) is 23.6 Å². The predicted molar refractivity (Wildman–Crippen MR) is 87.0 cm³/mol. The molecule has 5 nitrogen and oxygen atoms in total. The molecule has 0 saturated heterocycles. The molecule has 3 unspecified atom stereocenters. The van der Waals surface area contributed by atoms with E-state index in [4.69, 9.17) is 0 Å². The molecule has 1 aliphatic carbocycles. The van der Waals surface area contributed by atoms with E-state index in [2.05, 4.69) is 0 Å². The summed E-state index contributed by atoms with van der Waals surface area (Å²) >= 11 is 0. The number of hydrogen-bond acceptors (Lipinski definition) is 4. The molecule has 1 aliphatic rings. The van der Waals surface area contributed by atoms with Crippen molar-refractivity contribution in [3.63, 3.8) is 0 Å². The van der Waals surface area contributed by atoms with Gasteiger partial charge in [-0.25, -0.2) is 8.42 Å². The second-order valence-corrected chi connectivity index (χ2v) is 8.02. The van der Waals surface area contributed by atoms with Gasteiger partial charge in [0.1, 0.15) is 5.25 Å². The quantitative estimate of drug-likeness (QED) is 0.922. The number of aliphatic carboxylic acids is 1. The molecule has 0 radical (unpaired) electrons. The predicted octanol–water partition coefficient (Wildman–Crippen LogP) is 2.53. The number of benzene rings is 2. The Bertz CT molecular complexity index is 929. The maximum absolute atomic E-state index is 13.0. The van der Waals surface area contributed by atoms with E-state index in [1.807, 2.05) is 6.92 Å². The van der Waals surface area contributed by atoms with Crippen LogP contribution in [-0.2, 0) is 14.6 Å². The van der Waals surface area contributed by atoms with Crippen LogP contribution in [0.1, 0.15) is 17.0 Å². The van der Waals surface area contributed by atoms with E-state index in [0.717, 1.165) is 5.56 Å². The Kier molecular flexibility index (Phi) is 3.69. The third kappa shape index (κ3) is 2.21. The summed E-state index contributed by atoms with van der Waals surface area (Å²) in [6, 6.07) is 16.4. The highest BCUT2D eigenvalue weighted by Crippen LogP contribution is 2.63. The van der Waals surface area contributed by atoms with Crippen LogP contribution in [0.15, 0.2) is 59.5 Å². The Morgan fingerprint density at radius 2 is 1.71 bits per heavy atom. The van der Waals surface area contributed by atoms with E-state index in [1.54, 1.807) is 48.5 Å². The van der Waals surface area contributed by atoms with Crippen LogP contribution in [0.4, 0.5) is 0 Å². The molecule has 1 N–H and O–H groups in total. The van der Waals surface area contributed by atoms with Crippen LogP contribution < -0.4 is 0 Å². The molecule has 2 aromatic carbocycles. The lowest BCUT2D eigenvalue weighted by atomic mass is 10.0. The van der Waals surface area contributed by atoms with Crippen LogP contribution in [-0.4, -0.2) is 24.7 Å².